The Balaban J connectivity index is 1.26. The Hall–Kier alpha value is -2.28. The lowest BCUT2D eigenvalue weighted by Crippen LogP contribution is -2.44. The molecular formula is C25H32ClFN4O2. The molecule has 33 heavy (non-hydrogen) atoms. The van der Waals surface area contributed by atoms with Crippen LogP contribution in [0.25, 0.3) is 0 Å². The van der Waals surface area contributed by atoms with E-state index in [0.29, 0.717) is 11.1 Å². The Morgan fingerprint density at radius 3 is 2.85 bits per heavy atom. The summed E-state index contributed by atoms with van der Waals surface area (Å²) >= 11 is 6.19. The predicted molar refractivity (Wildman–Crippen MR) is 129 cm³/mol. The van der Waals surface area contributed by atoms with Crippen LogP contribution < -0.4 is 20.1 Å². The number of piperidine rings is 1. The van der Waals surface area contributed by atoms with Crippen molar-refractivity contribution in [2.45, 2.75) is 64.0 Å². The number of ether oxygens (including phenoxy) is 1. The van der Waals surface area contributed by atoms with E-state index in [1.165, 1.54) is 25.3 Å². The number of fused-ring (bicyclic) bond motifs is 1. The molecule has 8 heteroatoms. The molecule has 0 radical (unpaired) electrons. The van der Waals surface area contributed by atoms with Crippen molar-refractivity contribution < 1.29 is 9.13 Å². The van der Waals surface area contributed by atoms with Crippen molar-refractivity contribution >= 4 is 23.0 Å². The highest BCUT2D eigenvalue weighted by atomic mass is 35.5. The first kappa shape index (κ1) is 22.5. The molecule has 1 saturated heterocycles. The van der Waals surface area contributed by atoms with E-state index >= 15 is 0 Å². The summed E-state index contributed by atoms with van der Waals surface area (Å²) in [6.45, 7) is 3.80. The van der Waals surface area contributed by atoms with E-state index < -0.39 is 0 Å². The normalized spacial score (nSPS) is 27.2. The lowest BCUT2D eigenvalue weighted by molar-refractivity contribution is 0.126. The second-order valence-corrected chi connectivity index (χ2v) is 10.3. The van der Waals surface area contributed by atoms with Crippen LogP contribution in [-0.4, -0.2) is 42.5 Å². The molecular weight excluding hydrogens is 443 g/mol. The molecule has 0 spiro atoms. The van der Waals surface area contributed by atoms with Crippen LogP contribution in [0.4, 0.5) is 15.8 Å². The van der Waals surface area contributed by atoms with E-state index in [9.17, 15) is 9.18 Å². The fourth-order valence-corrected chi connectivity index (χ4v) is 6.21. The van der Waals surface area contributed by atoms with Crippen LogP contribution in [0.15, 0.2) is 29.2 Å². The van der Waals surface area contributed by atoms with Crippen LogP contribution in [0, 0.1) is 17.2 Å². The molecule has 5 rings (SSSR count). The molecule has 1 aromatic heterocycles. The standard InChI is InChI=1S/C25H32ClFN4O2/c1-3-25-9-6-19(12-16(25)14-25)33-22-5-4-17(27)13-20(22)30(2)18-7-10-31(11-8-18)21-15-28-29-24(32)23(21)26/h4-5,13,15-16,18-19H,3,6-12,14H2,1-2H3,(H,29,32). The molecule has 6 nitrogen and oxygen atoms in total. The van der Waals surface area contributed by atoms with Gasteiger partial charge in [-0.3, -0.25) is 4.79 Å². The van der Waals surface area contributed by atoms with Crippen molar-refractivity contribution in [3.63, 3.8) is 0 Å². The van der Waals surface area contributed by atoms with Gasteiger partial charge in [-0.05, 0) is 62.0 Å². The first-order valence-corrected chi connectivity index (χ1v) is 12.4. The third kappa shape index (κ3) is 4.32. The number of aromatic nitrogens is 2. The maximum Gasteiger partial charge on any atom is 0.285 e. The van der Waals surface area contributed by atoms with Gasteiger partial charge in [0.1, 0.15) is 16.6 Å². The molecule has 3 atom stereocenters. The average Bonchev–Trinajstić information content (AvgIpc) is 3.56. The van der Waals surface area contributed by atoms with Crippen molar-refractivity contribution in [2.24, 2.45) is 11.3 Å². The van der Waals surface area contributed by atoms with Gasteiger partial charge in [0.15, 0.2) is 0 Å². The molecule has 178 valence electrons. The van der Waals surface area contributed by atoms with Crippen LogP contribution in [-0.2, 0) is 0 Å². The number of nitrogens with zero attached hydrogens (tertiary/aromatic N) is 3. The van der Waals surface area contributed by atoms with Gasteiger partial charge in [0.25, 0.3) is 5.56 Å². The zero-order valence-electron chi connectivity index (χ0n) is 19.3. The summed E-state index contributed by atoms with van der Waals surface area (Å²) in [7, 11) is 2.02. The molecule has 2 aromatic rings. The summed E-state index contributed by atoms with van der Waals surface area (Å²) in [6, 6.07) is 5.11. The van der Waals surface area contributed by atoms with Crippen molar-refractivity contribution in [3.05, 3.63) is 45.6 Å². The zero-order valence-corrected chi connectivity index (χ0v) is 20.1. The van der Waals surface area contributed by atoms with Crippen LogP contribution in [0.3, 0.4) is 0 Å². The number of halogens is 2. The largest absolute Gasteiger partial charge is 0.488 e. The van der Waals surface area contributed by atoms with Gasteiger partial charge in [-0.15, -0.1) is 0 Å². The number of hydrogen-bond donors (Lipinski definition) is 1. The maximum atomic E-state index is 14.2. The van der Waals surface area contributed by atoms with Gasteiger partial charge in [-0.1, -0.05) is 24.9 Å². The highest BCUT2D eigenvalue weighted by Gasteiger charge is 2.55. The van der Waals surface area contributed by atoms with Crippen LogP contribution in [0.2, 0.25) is 5.02 Å². The molecule has 1 aromatic carbocycles. The number of aromatic amines is 1. The third-order valence-electron chi connectivity index (χ3n) is 8.30. The van der Waals surface area contributed by atoms with Crippen molar-refractivity contribution in [1.82, 2.24) is 10.2 Å². The average molecular weight is 475 g/mol. The van der Waals surface area contributed by atoms with Crippen molar-refractivity contribution in [2.75, 3.05) is 29.9 Å². The molecule has 0 amide bonds. The Labute approximate surface area is 199 Å². The van der Waals surface area contributed by atoms with Crippen molar-refractivity contribution in [1.29, 1.82) is 0 Å². The Morgan fingerprint density at radius 1 is 1.33 bits per heavy atom. The minimum absolute atomic E-state index is 0.174. The van der Waals surface area contributed by atoms with Gasteiger partial charge in [0.05, 0.1) is 23.7 Å². The molecule has 2 aliphatic carbocycles. The highest BCUT2D eigenvalue weighted by molar-refractivity contribution is 6.33. The van der Waals surface area contributed by atoms with Gasteiger partial charge in [0.2, 0.25) is 0 Å². The molecule has 2 saturated carbocycles. The maximum absolute atomic E-state index is 14.2. The molecule has 3 aliphatic rings. The van der Waals surface area contributed by atoms with Gasteiger partial charge in [0, 0.05) is 32.2 Å². The summed E-state index contributed by atoms with van der Waals surface area (Å²) in [5.41, 5.74) is 1.68. The Morgan fingerprint density at radius 2 is 2.12 bits per heavy atom. The first-order valence-electron chi connectivity index (χ1n) is 12.1. The SMILES string of the molecule is CCC12CCC(Oc3ccc(F)cc3N(C)C3CCN(c4cn[nH]c(=O)c4Cl)CC3)CC1C2. The zero-order chi connectivity index (χ0) is 23.2. The summed E-state index contributed by atoms with van der Waals surface area (Å²) in [4.78, 5) is 16.0. The van der Waals surface area contributed by atoms with Crippen LogP contribution >= 0.6 is 11.6 Å². The van der Waals surface area contributed by atoms with Gasteiger partial charge in [-0.2, -0.15) is 5.10 Å². The second kappa shape index (κ2) is 8.82. The topological polar surface area (TPSA) is 61.5 Å². The predicted octanol–water partition coefficient (Wildman–Crippen LogP) is 5.02. The number of nitrogens with one attached hydrogen (secondary N) is 1. The van der Waals surface area contributed by atoms with E-state index in [0.717, 1.165) is 56.1 Å². The van der Waals surface area contributed by atoms with E-state index in [2.05, 4.69) is 26.9 Å². The first-order chi connectivity index (χ1) is 15.9. The molecule has 3 unspecified atom stereocenters. The molecule has 3 fully saturated rings. The molecule has 2 heterocycles. The molecule has 1 N–H and O–H groups in total. The number of benzene rings is 1. The van der Waals surface area contributed by atoms with Gasteiger partial charge < -0.3 is 14.5 Å². The van der Waals surface area contributed by atoms with E-state index in [4.69, 9.17) is 16.3 Å². The minimum Gasteiger partial charge on any atom is -0.488 e. The lowest BCUT2D eigenvalue weighted by atomic mass is 9.85. The molecule has 1 aliphatic heterocycles. The highest BCUT2D eigenvalue weighted by Crippen LogP contribution is 2.63. The number of H-pyrrole nitrogens is 1. The Kier molecular flexibility index (Phi) is 6.02. The third-order valence-corrected chi connectivity index (χ3v) is 8.66. The van der Waals surface area contributed by atoms with Crippen LogP contribution in [0.1, 0.15) is 51.9 Å². The van der Waals surface area contributed by atoms with E-state index in [1.54, 1.807) is 18.3 Å². The van der Waals surface area contributed by atoms with Crippen LogP contribution in [0.5, 0.6) is 5.75 Å². The number of anilines is 2. The fourth-order valence-electron chi connectivity index (χ4n) is 6.00. The number of rotatable bonds is 6. The summed E-state index contributed by atoms with van der Waals surface area (Å²) < 4.78 is 20.7. The summed E-state index contributed by atoms with van der Waals surface area (Å²) in [5, 5.41) is 6.42. The molecule has 0 bridgehead atoms. The minimum atomic E-state index is -0.375. The monoisotopic (exact) mass is 474 g/mol. The van der Waals surface area contributed by atoms with E-state index in [1.807, 2.05) is 7.05 Å². The summed E-state index contributed by atoms with van der Waals surface area (Å²) in [5.74, 6) is 1.32. The smallest absolute Gasteiger partial charge is 0.285 e. The summed E-state index contributed by atoms with van der Waals surface area (Å²) in [6.07, 6.45) is 9.57. The lowest BCUT2D eigenvalue weighted by Gasteiger charge is -2.39. The quantitative estimate of drug-likeness (QED) is 0.637. The Bertz CT molecular complexity index is 1070. The van der Waals surface area contributed by atoms with Gasteiger partial charge >= 0.3 is 0 Å². The number of hydrogen-bond acceptors (Lipinski definition) is 5. The fraction of sp³-hybridized carbons (Fsp3) is 0.600. The van der Waals surface area contributed by atoms with Crippen molar-refractivity contribution in [3.8, 4) is 5.75 Å². The van der Waals surface area contributed by atoms with Gasteiger partial charge in [-0.25, -0.2) is 9.49 Å². The second-order valence-electron chi connectivity index (χ2n) is 9.97. The van der Waals surface area contributed by atoms with E-state index in [-0.39, 0.29) is 28.5 Å².